The van der Waals surface area contributed by atoms with Gasteiger partial charge in [0.1, 0.15) is 5.52 Å². The van der Waals surface area contributed by atoms with Crippen molar-refractivity contribution in [1.29, 1.82) is 0 Å². The fraction of sp³-hybridized carbons (Fsp3) is 0.615. The molecule has 114 valence electrons. The minimum Gasteiger partial charge on any atom is -0.396 e. The molecule has 21 heavy (non-hydrogen) atoms. The molecule has 0 bridgehead atoms. The largest absolute Gasteiger partial charge is 0.396 e. The highest BCUT2D eigenvalue weighted by Crippen LogP contribution is 2.37. The quantitative estimate of drug-likeness (QED) is 0.730. The molecule has 3 atom stereocenters. The summed E-state index contributed by atoms with van der Waals surface area (Å²) in [4.78, 5) is 12.4. The first-order valence-electron chi connectivity index (χ1n) is 7.01. The van der Waals surface area contributed by atoms with E-state index in [1.807, 2.05) is 4.57 Å². The van der Waals surface area contributed by atoms with Crippen LogP contribution in [-0.4, -0.2) is 42.9 Å². The van der Waals surface area contributed by atoms with Gasteiger partial charge in [-0.05, 0) is 31.1 Å². The Morgan fingerprint density at radius 2 is 2.00 bits per heavy atom. The predicted molar refractivity (Wildman–Crippen MR) is 78.8 cm³/mol. The van der Waals surface area contributed by atoms with Crippen molar-refractivity contribution in [2.75, 3.05) is 18.9 Å². The van der Waals surface area contributed by atoms with E-state index in [-0.39, 0.29) is 42.2 Å². The van der Waals surface area contributed by atoms with Crippen molar-refractivity contribution in [2.24, 2.45) is 11.8 Å². The molecule has 7 nitrogen and oxygen atoms in total. The molecule has 1 aliphatic rings. The number of nitrogens with zero attached hydrogens (tertiary/aromatic N) is 4. The fourth-order valence-corrected chi connectivity index (χ4v) is 3.40. The minimum atomic E-state index is 0.0756. The molecule has 0 saturated heterocycles. The van der Waals surface area contributed by atoms with E-state index in [0.717, 1.165) is 19.3 Å². The SMILES string of the molecule is Nc1nc(Cl)c2ncn(C3CCC(CO)C(CO)C3)c2n1. The summed E-state index contributed by atoms with van der Waals surface area (Å²) in [6.45, 7) is 0.190. The predicted octanol–water partition coefficient (Wildman–Crippen LogP) is 1.00. The van der Waals surface area contributed by atoms with Crippen molar-refractivity contribution in [3.8, 4) is 0 Å². The van der Waals surface area contributed by atoms with Crippen LogP contribution in [0.2, 0.25) is 5.15 Å². The van der Waals surface area contributed by atoms with E-state index >= 15 is 0 Å². The highest BCUT2D eigenvalue weighted by Gasteiger charge is 2.31. The number of anilines is 1. The number of aliphatic hydroxyl groups excluding tert-OH is 2. The Morgan fingerprint density at radius 1 is 1.24 bits per heavy atom. The molecule has 1 saturated carbocycles. The molecular formula is C13H18ClN5O2. The zero-order valence-electron chi connectivity index (χ0n) is 11.5. The van der Waals surface area contributed by atoms with Crippen LogP contribution in [-0.2, 0) is 0 Å². The Labute approximate surface area is 126 Å². The van der Waals surface area contributed by atoms with E-state index in [9.17, 15) is 10.2 Å². The van der Waals surface area contributed by atoms with E-state index in [2.05, 4.69) is 15.0 Å². The average Bonchev–Trinajstić information content (AvgIpc) is 2.90. The molecule has 3 unspecified atom stereocenters. The highest BCUT2D eigenvalue weighted by atomic mass is 35.5. The number of rotatable bonds is 3. The zero-order chi connectivity index (χ0) is 15.0. The van der Waals surface area contributed by atoms with E-state index in [0.29, 0.717) is 11.2 Å². The van der Waals surface area contributed by atoms with E-state index < -0.39 is 0 Å². The van der Waals surface area contributed by atoms with Gasteiger partial charge in [0.2, 0.25) is 5.95 Å². The summed E-state index contributed by atoms with van der Waals surface area (Å²) in [6, 6.07) is 0.167. The Kier molecular flexibility index (Phi) is 3.97. The van der Waals surface area contributed by atoms with Crippen molar-refractivity contribution in [3.63, 3.8) is 0 Å². The molecule has 0 amide bonds. The second-order valence-corrected chi connectivity index (χ2v) is 5.91. The summed E-state index contributed by atoms with van der Waals surface area (Å²) in [5.74, 6) is 0.363. The van der Waals surface area contributed by atoms with Gasteiger partial charge in [0.25, 0.3) is 0 Å². The first-order chi connectivity index (χ1) is 10.1. The molecule has 1 aliphatic carbocycles. The van der Waals surface area contributed by atoms with Crippen LogP contribution in [0.15, 0.2) is 6.33 Å². The lowest BCUT2D eigenvalue weighted by atomic mass is 9.77. The Hall–Kier alpha value is -1.44. The number of halogens is 1. The third kappa shape index (κ3) is 2.56. The van der Waals surface area contributed by atoms with Crippen molar-refractivity contribution in [3.05, 3.63) is 11.5 Å². The highest BCUT2D eigenvalue weighted by molar-refractivity contribution is 6.33. The van der Waals surface area contributed by atoms with Crippen molar-refractivity contribution >= 4 is 28.7 Å². The average molecular weight is 312 g/mol. The smallest absolute Gasteiger partial charge is 0.223 e. The molecular weight excluding hydrogens is 294 g/mol. The van der Waals surface area contributed by atoms with Crippen LogP contribution in [0.4, 0.5) is 5.95 Å². The van der Waals surface area contributed by atoms with Crippen LogP contribution in [0.3, 0.4) is 0 Å². The Morgan fingerprint density at radius 3 is 2.71 bits per heavy atom. The summed E-state index contributed by atoms with van der Waals surface area (Å²) in [6.07, 6.45) is 4.23. The Bertz CT molecular complexity index is 647. The molecule has 0 spiro atoms. The lowest BCUT2D eigenvalue weighted by Crippen LogP contribution is -2.31. The van der Waals surface area contributed by atoms with Gasteiger partial charge < -0.3 is 20.5 Å². The molecule has 1 fully saturated rings. The monoisotopic (exact) mass is 311 g/mol. The lowest BCUT2D eigenvalue weighted by Gasteiger charge is -2.34. The summed E-state index contributed by atoms with van der Waals surface area (Å²) in [7, 11) is 0. The maximum Gasteiger partial charge on any atom is 0.223 e. The van der Waals surface area contributed by atoms with E-state index in [1.165, 1.54) is 0 Å². The molecule has 4 N–H and O–H groups in total. The van der Waals surface area contributed by atoms with Crippen molar-refractivity contribution in [1.82, 2.24) is 19.5 Å². The number of fused-ring (bicyclic) bond motifs is 1. The Balaban J connectivity index is 1.94. The maximum absolute atomic E-state index is 9.51. The van der Waals surface area contributed by atoms with Gasteiger partial charge in [0, 0.05) is 19.3 Å². The van der Waals surface area contributed by atoms with Crippen molar-refractivity contribution in [2.45, 2.75) is 25.3 Å². The lowest BCUT2D eigenvalue weighted by molar-refractivity contribution is 0.0678. The third-order valence-electron chi connectivity index (χ3n) is 4.37. The number of nitrogen functional groups attached to an aromatic ring is 1. The summed E-state index contributed by atoms with van der Waals surface area (Å²) in [5.41, 5.74) is 6.82. The number of imidazole rings is 1. The number of hydrogen-bond donors (Lipinski definition) is 3. The second-order valence-electron chi connectivity index (χ2n) is 5.55. The minimum absolute atomic E-state index is 0.0756. The van der Waals surface area contributed by atoms with Crippen LogP contribution in [0.5, 0.6) is 0 Å². The van der Waals surface area contributed by atoms with Gasteiger partial charge in [-0.15, -0.1) is 0 Å². The fourth-order valence-electron chi connectivity index (χ4n) is 3.18. The summed E-state index contributed by atoms with van der Waals surface area (Å²) >= 11 is 6.04. The van der Waals surface area contributed by atoms with Crippen LogP contribution in [0.1, 0.15) is 25.3 Å². The van der Waals surface area contributed by atoms with Crippen LogP contribution < -0.4 is 5.73 Å². The molecule has 2 aromatic rings. The van der Waals surface area contributed by atoms with Gasteiger partial charge in [-0.1, -0.05) is 11.6 Å². The van der Waals surface area contributed by atoms with Crippen LogP contribution in [0.25, 0.3) is 11.2 Å². The molecule has 8 heteroatoms. The molecule has 2 heterocycles. The van der Waals surface area contributed by atoms with E-state index in [1.54, 1.807) is 6.33 Å². The number of aliphatic hydroxyl groups is 2. The first kappa shape index (κ1) is 14.5. The third-order valence-corrected chi connectivity index (χ3v) is 4.63. The molecule has 3 rings (SSSR count). The normalized spacial score (nSPS) is 26.3. The number of nitrogens with two attached hydrogens (primary N) is 1. The van der Waals surface area contributed by atoms with Crippen LogP contribution in [0, 0.1) is 11.8 Å². The summed E-state index contributed by atoms with van der Waals surface area (Å²) < 4.78 is 1.95. The van der Waals surface area contributed by atoms with Crippen molar-refractivity contribution < 1.29 is 10.2 Å². The summed E-state index contributed by atoms with van der Waals surface area (Å²) in [5, 5.41) is 19.1. The first-order valence-corrected chi connectivity index (χ1v) is 7.39. The molecule has 0 aliphatic heterocycles. The topological polar surface area (TPSA) is 110 Å². The van der Waals surface area contributed by atoms with Gasteiger partial charge in [0.05, 0.1) is 6.33 Å². The van der Waals surface area contributed by atoms with Gasteiger partial charge >= 0.3 is 0 Å². The molecule has 2 aromatic heterocycles. The van der Waals surface area contributed by atoms with Gasteiger partial charge in [-0.2, -0.15) is 9.97 Å². The van der Waals surface area contributed by atoms with Crippen LogP contribution >= 0.6 is 11.6 Å². The maximum atomic E-state index is 9.51. The standard InChI is InChI=1S/C13H18ClN5O2/c14-11-10-12(18-13(15)17-11)19(6-16-10)9-2-1-7(4-20)8(3-9)5-21/h6-9,20-21H,1-5H2,(H2,15,17,18). The van der Waals surface area contributed by atoms with E-state index in [4.69, 9.17) is 17.3 Å². The van der Waals surface area contributed by atoms with Gasteiger partial charge in [-0.25, -0.2) is 4.98 Å². The number of hydrogen-bond acceptors (Lipinski definition) is 6. The second kappa shape index (κ2) is 5.75. The van der Waals surface area contributed by atoms with Gasteiger partial charge in [-0.3, -0.25) is 0 Å². The molecule has 0 aromatic carbocycles. The number of aromatic nitrogens is 4. The van der Waals surface area contributed by atoms with Gasteiger partial charge in [0.15, 0.2) is 10.8 Å². The zero-order valence-corrected chi connectivity index (χ0v) is 12.2. The molecule has 0 radical (unpaired) electrons.